The summed E-state index contributed by atoms with van der Waals surface area (Å²) in [4.78, 5) is 4.66. The molecule has 1 heterocycles. The van der Waals surface area contributed by atoms with Crippen molar-refractivity contribution in [2.45, 2.75) is 53.0 Å². The smallest absolute Gasteiger partial charge is 0.113 e. The average molecular weight is 240 g/mol. The molecule has 0 aliphatic carbocycles. The van der Waals surface area contributed by atoms with E-state index < -0.39 is 0 Å². The summed E-state index contributed by atoms with van der Waals surface area (Å²) in [6.07, 6.45) is 2.34. The van der Waals surface area contributed by atoms with E-state index in [0.29, 0.717) is 5.92 Å². The predicted molar refractivity (Wildman–Crippen MR) is 72.0 cm³/mol. The average Bonchev–Trinajstić information content (AvgIpc) is 2.72. The van der Waals surface area contributed by atoms with Crippen molar-refractivity contribution in [3.05, 3.63) is 16.1 Å². The van der Waals surface area contributed by atoms with E-state index >= 15 is 0 Å². The first-order valence-corrected chi connectivity index (χ1v) is 7.10. The zero-order chi connectivity index (χ0) is 12.2. The fourth-order valence-corrected chi connectivity index (χ4v) is 2.90. The number of thiazole rings is 1. The molecule has 0 amide bonds. The summed E-state index contributed by atoms with van der Waals surface area (Å²) >= 11 is 1.78. The maximum Gasteiger partial charge on any atom is 0.113 e. The molecule has 3 heteroatoms. The van der Waals surface area contributed by atoms with E-state index in [-0.39, 0.29) is 5.54 Å². The molecule has 0 saturated heterocycles. The van der Waals surface area contributed by atoms with Gasteiger partial charge >= 0.3 is 0 Å². The van der Waals surface area contributed by atoms with E-state index in [9.17, 15) is 0 Å². The SMILES string of the molecule is CCCNC(C)(c1nc(C)cs1)C(C)CC. The molecule has 0 fully saturated rings. The maximum absolute atomic E-state index is 4.66. The Morgan fingerprint density at radius 2 is 2.19 bits per heavy atom. The lowest BCUT2D eigenvalue weighted by Crippen LogP contribution is -2.45. The Labute approximate surface area is 103 Å². The summed E-state index contributed by atoms with van der Waals surface area (Å²) in [6.45, 7) is 12.2. The lowest BCUT2D eigenvalue weighted by Gasteiger charge is -2.34. The highest BCUT2D eigenvalue weighted by Gasteiger charge is 2.33. The van der Waals surface area contributed by atoms with Gasteiger partial charge in [0.15, 0.2) is 0 Å². The highest BCUT2D eigenvalue weighted by molar-refractivity contribution is 7.09. The minimum Gasteiger partial charge on any atom is -0.305 e. The third kappa shape index (κ3) is 2.83. The van der Waals surface area contributed by atoms with Gasteiger partial charge in [-0.25, -0.2) is 4.98 Å². The summed E-state index contributed by atoms with van der Waals surface area (Å²) in [6, 6.07) is 0. The largest absolute Gasteiger partial charge is 0.305 e. The molecule has 0 saturated carbocycles. The van der Waals surface area contributed by atoms with Crippen molar-refractivity contribution < 1.29 is 0 Å². The predicted octanol–water partition coefficient (Wildman–Crippen LogP) is 3.71. The van der Waals surface area contributed by atoms with Crippen molar-refractivity contribution in [3.8, 4) is 0 Å². The molecule has 16 heavy (non-hydrogen) atoms. The fraction of sp³-hybridized carbons (Fsp3) is 0.769. The van der Waals surface area contributed by atoms with Crippen molar-refractivity contribution in [3.63, 3.8) is 0 Å². The van der Waals surface area contributed by atoms with Crippen LogP contribution >= 0.6 is 11.3 Å². The molecule has 0 aliphatic rings. The minimum absolute atomic E-state index is 0.0314. The van der Waals surface area contributed by atoms with Crippen molar-refractivity contribution in [1.82, 2.24) is 10.3 Å². The Balaban J connectivity index is 2.94. The molecular weight excluding hydrogens is 216 g/mol. The van der Waals surface area contributed by atoms with Gasteiger partial charge in [0.05, 0.1) is 5.54 Å². The second-order valence-corrected chi connectivity index (χ2v) is 5.59. The van der Waals surface area contributed by atoms with Crippen molar-refractivity contribution >= 4 is 11.3 Å². The lowest BCUT2D eigenvalue weighted by molar-refractivity contribution is 0.241. The van der Waals surface area contributed by atoms with Gasteiger partial charge in [0.1, 0.15) is 5.01 Å². The van der Waals surface area contributed by atoms with E-state index in [1.165, 1.54) is 11.4 Å². The molecule has 1 rings (SSSR count). The monoisotopic (exact) mass is 240 g/mol. The number of rotatable bonds is 6. The van der Waals surface area contributed by atoms with Crippen LogP contribution in [0.15, 0.2) is 5.38 Å². The zero-order valence-electron chi connectivity index (χ0n) is 11.1. The molecule has 0 bridgehead atoms. The molecule has 0 radical (unpaired) electrons. The van der Waals surface area contributed by atoms with Crippen LogP contribution in [0.3, 0.4) is 0 Å². The van der Waals surface area contributed by atoms with Crippen molar-refractivity contribution in [1.29, 1.82) is 0 Å². The second kappa shape index (κ2) is 5.78. The first kappa shape index (κ1) is 13.7. The van der Waals surface area contributed by atoms with Gasteiger partial charge in [-0.2, -0.15) is 0 Å². The first-order chi connectivity index (χ1) is 7.54. The summed E-state index contributed by atoms with van der Waals surface area (Å²) in [5.74, 6) is 0.601. The normalized spacial score (nSPS) is 17.1. The summed E-state index contributed by atoms with van der Waals surface area (Å²) in [5, 5.41) is 7.05. The van der Waals surface area contributed by atoms with Gasteiger partial charge in [-0.15, -0.1) is 11.3 Å². The highest BCUT2D eigenvalue weighted by atomic mass is 32.1. The molecule has 92 valence electrons. The fourth-order valence-electron chi connectivity index (χ4n) is 1.85. The standard InChI is InChI=1S/C13H24N2S/c1-6-8-14-13(5,10(3)7-2)12-15-11(4)9-16-12/h9-10,14H,6-8H2,1-5H3. The maximum atomic E-state index is 4.66. The molecule has 0 aromatic carbocycles. The Hall–Kier alpha value is -0.410. The number of nitrogens with zero attached hydrogens (tertiary/aromatic N) is 1. The molecule has 2 nitrogen and oxygen atoms in total. The van der Waals surface area contributed by atoms with Gasteiger partial charge in [0.25, 0.3) is 0 Å². The molecule has 1 N–H and O–H groups in total. The molecule has 2 unspecified atom stereocenters. The summed E-state index contributed by atoms with van der Waals surface area (Å²) in [7, 11) is 0. The molecule has 0 aliphatic heterocycles. The van der Waals surface area contributed by atoms with E-state index in [2.05, 4.69) is 50.3 Å². The molecule has 1 aromatic heterocycles. The van der Waals surface area contributed by atoms with Crippen LogP contribution in [-0.2, 0) is 5.54 Å². The van der Waals surface area contributed by atoms with Crippen molar-refractivity contribution in [2.75, 3.05) is 6.54 Å². The van der Waals surface area contributed by atoms with Gasteiger partial charge in [0.2, 0.25) is 0 Å². The van der Waals surface area contributed by atoms with Crippen LogP contribution in [0.25, 0.3) is 0 Å². The first-order valence-electron chi connectivity index (χ1n) is 6.22. The number of aromatic nitrogens is 1. The van der Waals surface area contributed by atoms with Crippen LogP contribution in [0.5, 0.6) is 0 Å². The van der Waals surface area contributed by atoms with Crippen LogP contribution in [0.1, 0.15) is 51.2 Å². The Morgan fingerprint density at radius 1 is 1.50 bits per heavy atom. The summed E-state index contributed by atoms with van der Waals surface area (Å²) in [5.41, 5.74) is 1.16. The second-order valence-electron chi connectivity index (χ2n) is 4.73. The highest BCUT2D eigenvalue weighted by Crippen LogP contribution is 2.33. The van der Waals surface area contributed by atoms with Crippen LogP contribution in [0.4, 0.5) is 0 Å². The zero-order valence-corrected chi connectivity index (χ0v) is 11.9. The number of hydrogen-bond donors (Lipinski definition) is 1. The lowest BCUT2D eigenvalue weighted by atomic mass is 9.85. The van der Waals surface area contributed by atoms with E-state index in [4.69, 9.17) is 0 Å². The van der Waals surface area contributed by atoms with Crippen LogP contribution in [0, 0.1) is 12.8 Å². The van der Waals surface area contributed by atoms with E-state index in [1.54, 1.807) is 11.3 Å². The Bertz CT molecular complexity index is 321. The number of nitrogens with one attached hydrogen (secondary N) is 1. The topological polar surface area (TPSA) is 24.9 Å². The molecule has 0 spiro atoms. The van der Waals surface area contributed by atoms with E-state index in [1.807, 2.05) is 0 Å². The Morgan fingerprint density at radius 3 is 2.62 bits per heavy atom. The van der Waals surface area contributed by atoms with Gasteiger partial charge in [-0.3, -0.25) is 0 Å². The number of aryl methyl sites for hydroxylation is 1. The van der Waals surface area contributed by atoms with Gasteiger partial charge in [-0.05, 0) is 32.7 Å². The van der Waals surface area contributed by atoms with Gasteiger partial charge in [0, 0.05) is 11.1 Å². The van der Waals surface area contributed by atoms with Crippen molar-refractivity contribution in [2.24, 2.45) is 5.92 Å². The number of hydrogen-bond acceptors (Lipinski definition) is 3. The molecule has 2 atom stereocenters. The summed E-state index contributed by atoms with van der Waals surface area (Å²) < 4.78 is 0. The van der Waals surface area contributed by atoms with Crippen LogP contribution < -0.4 is 5.32 Å². The van der Waals surface area contributed by atoms with Gasteiger partial charge < -0.3 is 5.32 Å². The minimum atomic E-state index is 0.0314. The Kier molecular flexibility index (Phi) is 4.93. The van der Waals surface area contributed by atoms with Gasteiger partial charge in [-0.1, -0.05) is 27.2 Å². The van der Waals surface area contributed by atoms with Crippen LogP contribution in [0.2, 0.25) is 0 Å². The third-order valence-corrected chi connectivity index (χ3v) is 4.60. The molecular formula is C13H24N2S. The molecule has 1 aromatic rings. The third-order valence-electron chi connectivity index (χ3n) is 3.40. The quantitative estimate of drug-likeness (QED) is 0.820. The van der Waals surface area contributed by atoms with E-state index in [0.717, 1.165) is 18.7 Å². The van der Waals surface area contributed by atoms with Crippen LogP contribution in [-0.4, -0.2) is 11.5 Å².